The molecule has 1 N–H and O–H groups in total. The second-order valence-corrected chi connectivity index (χ2v) is 6.96. The minimum atomic E-state index is -0.137. The first-order valence-corrected chi connectivity index (χ1v) is 9.13. The van der Waals surface area contributed by atoms with Gasteiger partial charge in [0.1, 0.15) is 12.4 Å². The Hall–Kier alpha value is -2.79. The lowest BCUT2D eigenvalue weighted by Gasteiger charge is -2.15. The fourth-order valence-electron chi connectivity index (χ4n) is 2.75. The van der Waals surface area contributed by atoms with Gasteiger partial charge in [-0.2, -0.15) is 5.10 Å². The standard InChI is InChI=1S/C21H22ClN3O2/c1-14-12-16(3)25(24-14)19-8-4-17(5-9-19)21(26)23-15(2)13-27-20-10-6-18(22)7-11-20/h4-12,15H,13H2,1-3H3,(H,23,26)/t15-/m1/s1. The molecule has 1 aromatic heterocycles. The lowest BCUT2D eigenvalue weighted by Crippen LogP contribution is -2.36. The van der Waals surface area contributed by atoms with E-state index in [1.165, 1.54) is 0 Å². The van der Waals surface area contributed by atoms with Crippen molar-refractivity contribution in [1.29, 1.82) is 0 Å². The molecule has 0 aliphatic rings. The molecule has 0 saturated carbocycles. The molecule has 0 fully saturated rings. The Balaban J connectivity index is 1.57. The predicted molar refractivity (Wildman–Crippen MR) is 107 cm³/mol. The third-order valence-electron chi connectivity index (χ3n) is 4.07. The van der Waals surface area contributed by atoms with Crippen LogP contribution in [0.15, 0.2) is 54.6 Å². The van der Waals surface area contributed by atoms with Crippen LogP contribution >= 0.6 is 11.6 Å². The van der Waals surface area contributed by atoms with Crippen molar-refractivity contribution in [1.82, 2.24) is 15.1 Å². The highest BCUT2D eigenvalue weighted by atomic mass is 35.5. The highest BCUT2D eigenvalue weighted by Crippen LogP contribution is 2.16. The molecule has 27 heavy (non-hydrogen) atoms. The van der Waals surface area contributed by atoms with Crippen LogP contribution in [0.1, 0.15) is 28.7 Å². The summed E-state index contributed by atoms with van der Waals surface area (Å²) in [4.78, 5) is 12.4. The molecular weight excluding hydrogens is 362 g/mol. The maximum absolute atomic E-state index is 12.4. The highest BCUT2D eigenvalue weighted by Gasteiger charge is 2.11. The van der Waals surface area contributed by atoms with Crippen LogP contribution in [0.2, 0.25) is 5.02 Å². The average Bonchev–Trinajstić information content (AvgIpc) is 2.99. The van der Waals surface area contributed by atoms with Gasteiger partial charge in [0.15, 0.2) is 0 Å². The molecule has 0 radical (unpaired) electrons. The normalized spacial score (nSPS) is 11.9. The Kier molecular flexibility index (Phi) is 5.81. The van der Waals surface area contributed by atoms with Crippen LogP contribution in [0.3, 0.4) is 0 Å². The Labute approximate surface area is 163 Å². The maximum atomic E-state index is 12.4. The van der Waals surface area contributed by atoms with E-state index in [0.717, 1.165) is 22.8 Å². The molecule has 3 rings (SSSR count). The van der Waals surface area contributed by atoms with Crippen molar-refractivity contribution in [2.75, 3.05) is 6.61 Å². The predicted octanol–water partition coefficient (Wildman–Crippen LogP) is 4.34. The van der Waals surface area contributed by atoms with Crippen molar-refractivity contribution in [3.8, 4) is 11.4 Å². The molecule has 0 bridgehead atoms. The van der Waals surface area contributed by atoms with Gasteiger partial charge in [0.05, 0.1) is 17.4 Å². The molecule has 0 unspecified atom stereocenters. The first-order chi connectivity index (χ1) is 12.9. The zero-order valence-electron chi connectivity index (χ0n) is 15.6. The van der Waals surface area contributed by atoms with Crippen LogP contribution in [-0.2, 0) is 0 Å². The van der Waals surface area contributed by atoms with E-state index < -0.39 is 0 Å². The van der Waals surface area contributed by atoms with Gasteiger partial charge in [-0.05, 0) is 75.4 Å². The Morgan fingerprint density at radius 2 is 1.81 bits per heavy atom. The van der Waals surface area contributed by atoms with Crippen LogP contribution in [-0.4, -0.2) is 28.3 Å². The number of hydrogen-bond donors (Lipinski definition) is 1. The number of halogens is 1. The molecule has 1 atom stereocenters. The van der Waals surface area contributed by atoms with Gasteiger partial charge >= 0.3 is 0 Å². The topological polar surface area (TPSA) is 56.2 Å². The van der Waals surface area contributed by atoms with Crippen molar-refractivity contribution >= 4 is 17.5 Å². The molecule has 0 spiro atoms. The Morgan fingerprint density at radius 1 is 1.15 bits per heavy atom. The summed E-state index contributed by atoms with van der Waals surface area (Å²) in [5, 5.41) is 8.05. The van der Waals surface area contributed by atoms with Crippen LogP contribution in [0.25, 0.3) is 5.69 Å². The second kappa shape index (κ2) is 8.27. The van der Waals surface area contributed by atoms with Crippen LogP contribution in [0.5, 0.6) is 5.75 Å². The number of aryl methyl sites for hydroxylation is 2. The van der Waals surface area contributed by atoms with Crippen LogP contribution < -0.4 is 10.1 Å². The van der Waals surface area contributed by atoms with Crippen molar-refractivity contribution in [3.63, 3.8) is 0 Å². The van der Waals surface area contributed by atoms with Gasteiger partial charge in [-0.15, -0.1) is 0 Å². The molecule has 5 nitrogen and oxygen atoms in total. The molecule has 1 heterocycles. The summed E-state index contributed by atoms with van der Waals surface area (Å²) in [6, 6.07) is 16.4. The average molecular weight is 384 g/mol. The number of ether oxygens (including phenoxy) is 1. The molecule has 0 saturated heterocycles. The molecule has 140 valence electrons. The van der Waals surface area contributed by atoms with Gasteiger partial charge in [-0.3, -0.25) is 4.79 Å². The minimum Gasteiger partial charge on any atom is -0.491 e. The summed E-state index contributed by atoms with van der Waals surface area (Å²) < 4.78 is 7.53. The van der Waals surface area contributed by atoms with Gasteiger partial charge in [0, 0.05) is 16.3 Å². The molecule has 1 amide bonds. The smallest absolute Gasteiger partial charge is 0.251 e. The maximum Gasteiger partial charge on any atom is 0.251 e. The minimum absolute atomic E-state index is 0.135. The number of nitrogens with zero attached hydrogens (tertiary/aromatic N) is 2. The lowest BCUT2D eigenvalue weighted by atomic mass is 10.2. The Bertz CT molecular complexity index is 918. The molecule has 2 aromatic carbocycles. The quantitative estimate of drug-likeness (QED) is 0.688. The van der Waals surface area contributed by atoms with Crippen LogP contribution in [0.4, 0.5) is 0 Å². The molecule has 0 aliphatic heterocycles. The lowest BCUT2D eigenvalue weighted by molar-refractivity contribution is 0.0926. The number of carbonyl (C=O) groups excluding carboxylic acids is 1. The van der Waals surface area contributed by atoms with Gasteiger partial charge in [0.25, 0.3) is 5.91 Å². The number of benzene rings is 2. The summed E-state index contributed by atoms with van der Waals surface area (Å²) in [6.07, 6.45) is 0. The molecule has 3 aromatic rings. The molecular formula is C21H22ClN3O2. The SMILES string of the molecule is Cc1cc(C)n(-c2ccc(C(=O)N[C@H](C)COc3ccc(Cl)cc3)cc2)n1. The number of nitrogens with one attached hydrogen (secondary N) is 1. The van der Waals surface area contributed by atoms with Crippen molar-refractivity contribution in [2.24, 2.45) is 0 Å². The zero-order valence-corrected chi connectivity index (χ0v) is 16.3. The number of amides is 1. The van der Waals surface area contributed by atoms with Crippen molar-refractivity contribution < 1.29 is 9.53 Å². The number of aromatic nitrogens is 2. The second-order valence-electron chi connectivity index (χ2n) is 6.53. The van der Waals surface area contributed by atoms with Crippen molar-refractivity contribution in [3.05, 3.63) is 76.6 Å². The van der Waals surface area contributed by atoms with E-state index >= 15 is 0 Å². The molecule has 6 heteroatoms. The number of rotatable bonds is 6. The number of carbonyl (C=O) groups is 1. The van der Waals surface area contributed by atoms with Gasteiger partial charge in [-0.1, -0.05) is 11.6 Å². The largest absolute Gasteiger partial charge is 0.491 e. The fourth-order valence-corrected chi connectivity index (χ4v) is 2.87. The summed E-state index contributed by atoms with van der Waals surface area (Å²) in [5.74, 6) is 0.580. The fraction of sp³-hybridized carbons (Fsp3) is 0.238. The zero-order chi connectivity index (χ0) is 19.4. The van der Waals surface area contributed by atoms with Crippen LogP contribution in [0, 0.1) is 13.8 Å². The van der Waals surface area contributed by atoms with E-state index in [1.807, 2.05) is 43.7 Å². The van der Waals surface area contributed by atoms with E-state index in [-0.39, 0.29) is 11.9 Å². The third kappa shape index (κ3) is 4.89. The summed E-state index contributed by atoms with van der Waals surface area (Å²) in [6.45, 7) is 6.23. The van der Waals surface area contributed by atoms with E-state index in [2.05, 4.69) is 10.4 Å². The third-order valence-corrected chi connectivity index (χ3v) is 4.33. The van der Waals surface area contributed by atoms with Gasteiger partial charge in [-0.25, -0.2) is 4.68 Å². The monoisotopic (exact) mass is 383 g/mol. The molecule has 0 aliphatic carbocycles. The van der Waals surface area contributed by atoms with Crippen molar-refractivity contribution in [2.45, 2.75) is 26.8 Å². The van der Waals surface area contributed by atoms with E-state index in [4.69, 9.17) is 16.3 Å². The van der Waals surface area contributed by atoms with Gasteiger partial charge < -0.3 is 10.1 Å². The Morgan fingerprint density at radius 3 is 2.41 bits per heavy atom. The highest BCUT2D eigenvalue weighted by molar-refractivity contribution is 6.30. The first-order valence-electron chi connectivity index (χ1n) is 8.75. The van der Waals surface area contributed by atoms with E-state index in [9.17, 15) is 4.79 Å². The van der Waals surface area contributed by atoms with E-state index in [1.54, 1.807) is 36.4 Å². The van der Waals surface area contributed by atoms with Gasteiger partial charge in [0.2, 0.25) is 0 Å². The first kappa shape index (κ1) is 19.0. The number of hydrogen-bond acceptors (Lipinski definition) is 3. The van der Waals surface area contributed by atoms with E-state index in [0.29, 0.717) is 17.2 Å². The summed E-state index contributed by atoms with van der Waals surface area (Å²) in [7, 11) is 0. The summed E-state index contributed by atoms with van der Waals surface area (Å²) in [5.41, 5.74) is 3.54. The summed E-state index contributed by atoms with van der Waals surface area (Å²) >= 11 is 5.85.